The summed E-state index contributed by atoms with van der Waals surface area (Å²) in [5.41, 5.74) is 4.44. The van der Waals surface area contributed by atoms with Crippen molar-refractivity contribution >= 4 is 40.1 Å². The Kier molecular flexibility index (Phi) is 5.01. The van der Waals surface area contributed by atoms with Gasteiger partial charge in [0, 0.05) is 21.8 Å². The van der Waals surface area contributed by atoms with E-state index >= 15 is 0 Å². The highest BCUT2D eigenvalue weighted by Crippen LogP contribution is 2.32. The Bertz CT molecular complexity index is 1080. The topological polar surface area (TPSA) is 68.3 Å². The van der Waals surface area contributed by atoms with Gasteiger partial charge in [0.15, 0.2) is 0 Å². The lowest BCUT2D eigenvalue weighted by Crippen LogP contribution is -2.16. The molecule has 6 heteroatoms. The number of amides is 1. The van der Waals surface area contributed by atoms with Gasteiger partial charge in [-0.05, 0) is 74.2 Å². The van der Waals surface area contributed by atoms with Gasteiger partial charge in [-0.3, -0.25) is 9.78 Å². The van der Waals surface area contributed by atoms with Crippen molar-refractivity contribution in [2.24, 2.45) is 0 Å². The second-order valence-corrected chi connectivity index (χ2v) is 7.12. The minimum Gasteiger partial charge on any atom is -0.462 e. The van der Waals surface area contributed by atoms with Crippen molar-refractivity contribution in [2.75, 3.05) is 11.9 Å². The maximum atomic E-state index is 13.1. The first kappa shape index (κ1) is 18.4. The molecule has 5 nitrogen and oxygen atoms in total. The van der Waals surface area contributed by atoms with Crippen LogP contribution in [-0.2, 0) is 17.6 Å². The number of aryl methyl sites for hydroxylation is 1. The molecule has 0 radical (unpaired) electrons. The molecular weight excluding hydrogens is 376 g/mol. The molecule has 0 saturated heterocycles. The summed E-state index contributed by atoms with van der Waals surface area (Å²) in [5, 5.41) is 4.26. The van der Waals surface area contributed by atoms with Gasteiger partial charge in [-0.15, -0.1) is 0 Å². The van der Waals surface area contributed by atoms with Gasteiger partial charge < -0.3 is 10.1 Å². The van der Waals surface area contributed by atoms with Crippen molar-refractivity contribution in [1.29, 1.82) is 0 Å². The SMILES string of the molecule is CCOC(=O)c1ccc(NC(=O)c2c3c(nc4ccc(Cl)cc24)CCC3)cc1. The van der Waals surface area contributed by atoms with Crippen LogP contribution in [0.3, 0.4) is 0 Å². The molecule has 28 heavy (non-hydrogen) atoms. The van der Waals surface area contributed by atoms with Crippen molar-refractivity contribution in [3.63, 3.8) is 0 Å². The molecule has 0 aliphatic heterocycles. The number of anilines is 1. The number of carbonyl (C=O) groups is 2. The highest BCUT2D eigenvalue weighted by atomic mass is 35.5. The number of nitrogens with one attached hydrogen (secondary N) is 1. The molecule has 142 valence electrons. The Morgan fingerprint density at radius 2 is 1.93 bits per heavy atom. The molecule has 0 atom stereocenters. The van der Waals surface area contributed by atoms with Gasteiger partial charge in [-0.2, -0.15) is 0 Å². The van der Waals surface area contributed by atoms with Gasteiger partial charge in [0.2, 0.25) is 0 Å². The van der Waals surface area contributed by atoms with Gasteiger partial charge in [-0.1, -0.05) is 11.6 Å². The van der Waals surface area contributed by atoms with Crippen LogP contribution in [0.15, 0.2) is 42.5 Å². The van der Waals surface area contributed by atoms with Gasteiger partial charge in [0.25, 0.3) is 5.91 Å². The lowest BCUT2D eigenvalue weighted by atomic mass is 10.0. The molecule has 1 aromatic heterocycles. The first-order chi connectivity index (χ1) is 13.6. The number of aromatic nitrogens is 1. The highest BCUT2D eigenvalue weighted by Gasteiger charge is 2.24. The predicted molar refractivity (Wildman–Crippen MR) is 109 cm³/mol. The fraction of sp³-hybridized carbons (Fsp3) is 0.227. The molecule has 1 N–H and O–H groups in total. The zero-order chi connectivity index (χ0) is 19.7. The van der Waals surface area contributed by atoms with Crippen LogP contribution in [0.25, 0.3) is 10.9 Å². The molecule has 0 saturated carbocycles. The summed E-state index contributed by atoms with van der Waals surface area (Å²) < 4.78 is 4.98. The van der Waals surface area contributed by atoms with Crippen LogP contribution in [0.5, 0.6) is 0 Å². The average Bonchev–Trinajstić information content (AvgIpc) is 3.14. The number of halogens is 1. The fourth-order valence-corrected chi connectivity index (χ4v) is 3.76. The molecule has 1 aliphatic rings. The van der Waals surface area contributed by atoms with Crippen LogP contribution in [0.2, 0.25) is 5.02 Å². The second-order valence-electron chi connectivity index (χ2n) is 6.68. The normalized spacial score (nSPS) is 12.6. The van der Waals surface area contributed by atoms with E-state index in [0.717, 1.165) is 41.4 Å². The zero-order valence-electron chi connectivity index (χ0n) is 15.4. The van der Waals surface area contributed by atoms with Crippen molar-refractivity contribution in [3.05, 3.63) is 69.9 Å². The van der Waals surface area contributed by atoms with Crippen LogP contribution < -0.4 is 5.32 Å². The lowest BCUT2D eigenvalue weighted by Gasteiger charge is -2.13. The predicted octanol–water partition coefficient (Wildman–Crippen LogP) is 4.81. The zero-order valence-corrected chi connectivity index (χ0v) is 16.2. The third-order valence-corrected chi connectivity index (χ3v) is 5.09. The summed E-state index contributed by atoms with van der Waals surface area (Å²) in [6, 6.07) is 12.1. The summed E-state index contributed by atoms with van der Waals surface area (Å²) in [5.74, 6) is -0.579. The number of hydrogen-bond acceptors (Lipinski definition) is 4. The number of nitrogens with zero attached hydrogens (tertiary/aromatic N) is 1. The van der Waals surface area contributed by atoms with Gasteiger partial charge in [-0.25, -0.2) is 4.79 Å². The number of pyridine rings is 1. The molecule has 2 aromatic carbocycles. The Balaban J connectivity index is 1.68. The van der Waals surface area contributed by atoms with Gasteiger partial charge >= 0.3 is 5.97 Å². The Labute approximate surface area is 167 Å². The summed E-state index contributed by atoms with van der Waals surface area (Å²) in [6.07, 6.45) is 2.69. The number of benzene rings is 2. The van der Waals surface area contributed by atoms with Crippen molar-refractivity contribution in [1.82, 2.24) is 4.98 Å². The quantitative estimate of drug-likeness (QED) is 0.645. The number of hydrogen-bond donors (Lipinski definition) is 1. The first-order valence-corrected chi connectivity index (χ1v) is 9.64. The summed E-state index contributed by atoms with van der Waals surface area (Å²) in [6.45, 7) is 2.08. The highest BCUT2D eigenvalue weighted by molar-refractivity contribution is 6.31. The molecule has 0 fully saturated rings. The van der Waals surface area contributed by atoms with E-state index in [2.05, 4.69) is 5.32 Å². The molecule has 0 bridgehead atoms. The molecule has 0 unspecified atom stereocenters. The van der Waals surface area contributed by atoms with Gasteiger partial charge in [0.05, 0.1) is 23.3 Å². The van der Waals surface area contributed by atoms with Crippen molar-refractivity contribution in [3.8, 4) is 0 Å². The monoisotopic (exact) mass is 394 g/mol. The van der Waals surface area contributed by atoms with Crippen LogP contribution in [-0.4, -0.2) is 23.5 Å². The second kappa shape index (κ2) is 7.60. The number of esters is 1. The molecule has 1 amide bonds. The average molecular weight is 395 g/mol. The molecule has 1 heterocycles. The van der Waals surface area contributed by atoms with Crippen molar-refractivity contribution in [2.45, 2.75) is 26.2 Å². The maximum absolute atomic E-state index is 13.1. The number of ether oxygens (including phenoxy) is 1. The van der Waals surface area contributed by atoms with Crippen LogP contribution in [0, 0.1) is 0 Å². The number of rotatable bonds is 4. The van der Waals surface area contributed by atoms with E-state index in [9.17, 15) is 9.59 Å². The number of fused-ring (bicyclic) bond motifs is 2. The molecular formula is C22H19ClN2O3. The fourth-order valence-electron chi connectivity index (χ4n) is 3.59. The van der Waals surface area contributed by atoms with Crippen LogP contribution in [0.4, 0.5) is 5.69 Å². The maximum Gasteiger partial charge on any atom is 0.338 e. The van der Waals surface area contributed by atoms with E-state index in [4.69, 9.17) is 21.3 Å². The minimum atomic E-state index is -0.382. The summed E-state index contributed by atoms with van der Waals surface area (Å²) >= 11 is 6.18. The smallest absolute Gasteiger partial charge is 0.338 e. The van der Waals surface area contributed by atoms with E-state index in [1.54, 1.807) is 43.3 Å². The molecule has 4 rings (SSSR count). The van der Waals surface area contributed by atoms with E-state index < -0.39 is 0 Å². The van der Waals surface area contributed by atoms with Gasteiger partial charge in [0.1, 0.15) is 0 Å². The molecule has 3 aromatic rings. The molecule has 1 aliphatic carbocycles. The lowest BCUT2D eigenvalue weighted by molar-refractivity contribution is 0.0526. The third kappa shape index (κ3) is 3.45. The number of carbonyl (C=O) groups excluding carboxylic acids is 2. The van der Waals surface area contributed by atoms with E-state index in [1.807, 2.05) is 6.07 Å². The Morgan fingerprint density at radius 3 is 2.68 bits per heavy atom. The first-order valence-electron chi connectivity index (χ1n) is 9.26. The standard InChI is InChI=1S/C22H19ClN2O3/c1-2-28-22(27)13-6-9-15(10-7-13)24-21(26)20-16-4-3-5-18(16)25-19-11-8-14(23)12-17(19)20/h6-12H,2-5H2,1H3,(H,24,26). The van der Waals surface area contributed by atoms with Crippen molar-refractivity contribution < 1.29 is 14.3 Å². The van der Waals surface area contributed by atoms with E-state index in [-0.39, 0.29) is 11.9 Å². The van der Waals surface area contributed by atoms with E-state index in [0.29, 0.717) is 28.4 Å². The van der Waals surface area contributed by atoms with Crippen LogP contribution >= 0.6 is 11.6 Å². The summed E-state index contributed by atoms with van der Waals surface area (Å²) in [7, 11) is 0. The minimum absolute atomic E-state index is 0.197. The third-order valence-electron chi connectivity index (χ3n) is 4.85. The van der Waals surface area contributed by atoms with Crippen LogP contribution in [0.1, 0.15) is 45.3 Å². The largest absolute Gasteiger partial charge is 0.462 e. The Morgan fingerprint density at radius 1 is 1.14 bits per heavy atom. The molecule has 0 spiro atoms. The Hall–Kier alpha value is -2.92. The van der Waals surface area contributed by atoms with E-state index in [1.165, 1.54) is 0 Å². The summed E-state index contributed by atoms with van der Waals surface area (Å²) in [4.78, 5) is 29.6.